The van der Waals surface area contributed by atoms with Crippen molar-refractivity contribution in [1.82, 2.24) is 0 Å². The van der Waals surface area contributed by atoms with E-state index in [2.05, 4.69) is 43.0 Å². The molecule has 0 spiro atoms. The van der Waals surface area contributed by atoms with E-state index in [0.717, 1.165) is 19.6 Å². The highest BCUT2D eigenvalue weighted by atomic mass is 15.1. The Bertz CT molecular complexity index is 363. The average molecular weight is 232 g/mol. The van der Waals surface area contributed by atoms with E-state index in [4.69, 9.17) is 5.73 Å². The minimum Gasteiger partial charge on any atom is -0.371 e. The molecule has 2 nitrogen and oxygen atoms in total. The second-order valence-corrected chi connectivity index (χ2v) is 5.36. The third kappa shape index (κ3) is 2.47. The number of rotatable bonds is 5. The highest BCUT2D eigenvalue weighted by Gasteiger charge is 2.37. The van der Waals surface area contributed by atoms with E-state index in [1.807, 2.05) is 0 Å². The Morgan fingerprint density at radius 1 is 1.29 bits per heavy atom. The number of nitrogens with zero attached hydrogens (tertiary/aromatic N) is 1. The molecule has 1 saturated carbocycles. The molecule has 1 aliphatic carbocycles. The average Bonchev–Trinajstić information content (AvgIpc) is 2.30. The van der Waals surface area contributed by atoms with E-state index in [9.17, 15) is 0 Å². The third-order valence-corrected chi connectivity index (χ3v) is 4.21. The maximum atomic E-state index is 5.96. The van der Waals surface area contributed by atoms with Crippen molar-refractivity contribution in [1.29, 1.82) is 0 Å². The van der Waals surface area contributed by atoms with Gasteiger partial charge in [-0.1, -0.05) is 24.6 Å². The lowest BCUT2D eigenvalue weighted by Gasteiger charge is -2.45. The first kappa shape index (κ1) is 12.4. The first-order valence-corrected chi connectivity index (χ1v) is 6.71. The van der Waals surface area contributed by atoms with Crippen molar-refractivity contribution in [2.24, 2.45) is 11.1 Å². The van der Waals surface area contributed by atoms with Crippen LogP contribution in [0.25, 0.3) is 0 Å². The van der Waals surface area contributed by atoms with Crippen LogP contribution in [0.1, 0.15) is 31.7 Å². The summed E-state index contributed by atoms with van der Waals surface area (Å²) in [6.07, 6.45) is 3.94. The van der Waals surface area contributed by atoms with Crippen LogP contribution in [0.15, 0.2) is 24.3 Å². The van der Waals surface area contributed by atoms with E-state index >= 15 is 0 Å². The molecule has 1 aromatic rings. The Kier molecular flexibility index (Phi) is 3.72. The molecule has 1 aliphatic rings. The van der Waals surface area contributed by atoms with Gasteiger partial charge in [0.1, 0.15) is 0 Å². The van der Waals surface area contributed by atoms with Gasteiger partial charge in [-0.05, 0) is 44.9 Å². The number of benzene rings is 1. The fraction of sp³-hybridized carbons (Fsp3) is 0.600. The molecular formula is C15H24N2. The molecule has 0 bridgehead atoms. The first-order chi connectivity index (χ1) is 8.21. The fourth-order valence-corrected chi connectivity index (χ4v) is 2.79. The van der Waals surface area contributed by atoms with Gasteiger partial charge in [0.05, 0.1) is 0 Å². The van der Waals surface area contributed by atoms with Crippen molar-refractivity contribution in [3.63, 3.8) is 0 Å². The molecular weight excluding hydrogens is 208 g/mol. The summed E-state index contributed by atoms with van der Waals surface area (Å²) in [5.41, 5.74) is 9.08. The first-order valence-electron chi connectivity index (χ1n) is 6.71. The normalized spacial score (nSPS) is 17.6. The summed E-state index contributed by atoms with van der Waals surface area (Å²) in [5.74, 6) is 0. The van der Waals surface area contributed by atoms with Crippen LogP contribution in [0.5, 0.6) is 0 Å². The van der Waals surface area contributed by atoms with E-state index in [1.165, 1.54) is 30.5 Å². The highest BCUT2D eigenvalue weighted by molar-refractivity contribution is 5.53. The van der Waals surface area contributed by atoms with Crippen LogP contribution < -0.4 is 10.6 Å². The van der Waals surface area contributed by atoms with Gasteiger partial charge < -0.3 is 10.6 Å². The van der Waals surface area contributed by atoms with Crippen molar-refractivity contribution in [2.45, 2.75) is 33.1 Å². The smallest absolute Gasteiger partial charge is 0.0396 e. The fourth-order valence-electron chi connectivity index (χ4n) is 2.79. The van der Waals surface area contributed by atoms with E-state index in [0.29, 0.717) is 5.41 Å². The largest absolute Gasteiger partial charge is 0.371 e. The van der Waals surface area contributed by atoms with Gasteiger partial charge in [0.15, 0.2) is 0 Å². The minimum absolute atomic E-state index is 0.387. The Morgan fingerprint density at radius 2 is 2.00 bits per heavy atom. The molecule has 1 fully saturated rings. The van der Waals surface area contributed by atoms with E-state index in [-0.39, 0.29) is 0 Å². The molecule has 0 heterocycles. The van der Waals surface area contributed by atoms with Gasteiger partial charge in [-0.25, -0.2) is 0 Å². The summed E-state index contributed by atoms with van der Waals surface area (Å²) in [5, 5.41) is 0. The van der Waals surface area contributed by atoms with Crippen LogP contribution in [0.2, 0.25) is 0 Å². The molecule has 0 unspecified atom stereocenters. The number of para-hydroxylation sites is 1. The van der Waals surface area contributed by atoms with Gasteiger partial charge in [0, 0.05) is 24.2 Å². The second kappa shape index (κ2) is 5.09. The Morgan fingerprint density at radius 3 is 2.47 bits per heavy atom. The van der Waals surface area contributed by atoms with Gasteiger partial charge in [-0.3, -0.25) is 0 Å². The zero-order valence-corrected chi connectivity index (χ0v) is 11.1. The van der Waals surface area contributed by atoms with Gasteiger partial charge in [-0.15, -0.1) is 0 Å². The summed E-state index contributed by atoms with van der Waals surface area (Å²) >= 11 is 0. The number of hydrogen-bond donors (Lipinski definition) is 1. The summed E-state index contributed by atoms with van der Waals surface area (Å²) in [6.45, 7) is 7.43. The van der Waals surface area contributed by atoms with Crippen LogP contribution in [0.3, 0.4) is 0 Å². The number of anilines is 1. The molecule has 0 saturated heterocycles. The van der Waals surface area contributed by atoms with Gasteiger partial charge in [0.25, 0.3) is 0 Å². The minimum atomic E-state index is 0.387. The predicted molar refractivity (Wildman–Crippen MR) is 74.4 cm³/mol. The molecule has 2 N–H and O–H groups in total. The summed E-state index contributed by atoms with van der Waals surface area (Å²) in [4.78, 5) is 2.49. The molecule has 0 radical (unpaired) electrons. The van der Waals surface area contributed by atoms with Crippen LogP contribution in [-0.2, 0) is 0 Å². The molecule has 2 heteroatoms. The summed E-state index contributed by atoms with van der Waals surface area (Å²) < 4.78 is 0. The van der Waals surface area contributed by atoms with Crippen molar-refractivity contribution in [2.75, 3.05) is 24.5 Å². The number of aryl methyl sites for hydroxylation is 1. The van der Waals surface area contributed by atoms with Crippen molar-refractivity contribution in [3.05, 3.63) is 29.8 Å². The van der Waals surface area contributed by atoms with E-state index in [1.54, 1.807) is 0 Å². The molecule has 94 valence electrons. The highest BCUT2D eigenvalue weighted by Crippen LogP contribution is 2.41. The molecule has 0 aliphatic heterocycles. The third-order valence-electron chi connectivity index (χ3n) is 4.21. The van der Waals surface area contributed by atoms with Crippen LogP contribution in [0.4, 0.5) is 5.69 Å². The topological polar surface area (TPSA) is 29.3 Å². The van der Waals surface area contributed by atoms with Crippen LogP contribution in [-0.4, -0.2) is 19.6 Å². The van der Waals surface area contributed by atoms with Gasteiger partial charge in [0.2, 0.25) is 0 Å². The van der Waals surface area contributed by atoms with Gasteiger partial charge >= 0.3 is 0 Å². The molecule has 1 aromatic carbocycles. The SMILES string of the molecule is CCN(CC1(CN)CCC1)c1ccccc1C. The number of hydrogen-bond acceptors (Lipinski definition) is 2. The lowest BCUT2D eigenvalue weighted by molar-refractivity contribution is 0.152. The van der Waals surface area contributed by atoms with Crippen molar-refractivity contribution >= 4 is 5.69 Å². The quantitative estimate of drug-likeness (QED) is 0.845. The zero-order chi connectivity index (χ0) is 12.3. The number of nitrogens with two attached hydrogens (primary N) is 1. The zero-order valence-electron chi connectivity index (χ0n) is 11.1. The monoisotopic (exact) mass is 232 g/mol. The van der Waals surface area contributed by atoms with Crippen LogP contribution in [0, 0.1) is 12.3 Å². The molecule has 0 atom stereocenters. The Hall–Kier alpha value is -1.02. The molecule has 17 heavy (non-hydrogen) atoms. The van der Waals surface area contributed by atoms with Crippen molar-refractivity contribution in [3.8, 4) is 0 Å². The second-order valence-electron chi connectivity index (χ2n) is 5.36. The van der Waals surface area contributed by atoms with E-state index < -0.39 is 0 Å². The Labute approximate surface area is 105 Å². The maximum Gasteiger partial charge on any atom is 0.0396 e. The van der Waals surface area contributed by atoms with Gasteiger partial charge in [-0.2, -0.15) is 0 Å². The molecule has 2 rings (SSSR count). The molecule has 0 amide bonds. The standard InChI is InChI=1S/C15H24N2/c1-3-17(12-15(11-16)9-6-10-15)14-8-5-4-7-13(14)2/h4-5,7-8H,3,6,9-12,16H2,1-2H3. The van der Waals surface area contributed by atoms with Crippen LogP contribution >= 0.6 is 0 Å². The maximum absolute atomic E-state index is 5.96. The predicted octanol–water partition coefficient (Wildman–Crippen LogP) is 2.95. The summed E-state index contributed by atoms with van der Waals surface area (Å²) in [7, 11) is 0. The lowest BCUT2D eigenvalue weighted by atomic mass is 9.68. The lowest BCUT2D eigenvalue weighted by Crippen LogP contribution is -2.47. The molecule has 0 aromatic heterocycles. The summed E-state index contributed by atoms with van der Waals surface area (Å²) in [6, 6.07) is 8.64. The Balaban J connectivity index is 2.14. The van der Waals surface area contributed by atoms with Crippen molar-refractivity contribution < 1.29 is 0 Å².